The van der Waals surface area contributed by atoms with Gasteiger partial charge in [-0.15, -0.1) is 0 Å². The molecule has 2 rings (SSSR count). The number of ether oxygens (including phenoxy) is 1. The predicted octanol–water partition coefficient (Wildman–Crippen LogP) is 2.39. The van der Waals surface area contributed by atoms with E-state index < -0.39 is 0 Å². The Morgan fingerprint density at radius 3 is 2.44 bits per heavy atom. The lowest BCUT2D eigenvalue weighted by Gasteiger charge is -2.40. The number of nitrogens with zero attached hydrogens (tertiary/aromatic N) is 1. The highest BCUT2D eigenvalue weighted by Gasteiger charge is 2.33. The normalized spacial score (nSPS) is 22.1. The maximum atomic E-state index is 11.7. The second-order valence-corrected chi connectivity index (χ2v) is 6.64. The first-order valence-electron chi connectivity index (χ1n) is 7.15. The van der Waals surface area contributed by atoms with Crippen LogP contribution in [-0.4, -0.2) is 42.3 Å². The van der Waals surface area contributed by atoms with Crippen molar-refractivity contribution < 1.29 is 9.53 Å². The molecule has 1 aliphatic carbocycles. The molecule has 0 spiro atoms. The van der Waals surface area contributed by atoms with Gasteiger partial charge in [-0.05, 0) is 33.6 Å². The average molecular weight is 254 g/mol. The van der Waals surface area contributed by atoms with Crippen LogP contribution in [0.5, 0.6) is 0 Å². The van der Waals surface area contributed by atoms with Crippen LogP contribution >= 0.6 is 0 Å². The first-order valence-corrected chi connectivity index (χ1v) is 7.15. The molecular weight excluding hydrogens is 228 g/mol. The van der Waals surface area contributed by atoms with Gasteiger partial charge in [0.25, 0.3) is 0 Å². The van der Waals surface area contributed by atoms with Crippen molar-refractivity contribution in [3.63, 3.8) is 0 Å². The van der Waals surface area contributed by atoms with Gasteiger partial charge in [-0.25, -0.2) is 4.79 Å². The highest BCUT2D eigenvalue weighted by Crippen LogP contribution is 2.21. The molecule has 4 nitrogen and oxygen atoms in total. The molecule has 0 atom stereocenters. The molecule has 4 heteroatoms. The zero-order chi connectivity index (χ0) is 13.2. The van der Waals surface area contributed by atoms with Gasteiger partial charge in [0.05, 0.1) is 0 Å². The van der Waals surface area contributed by atoms with Crippen molar-refractivity contribution in [3.8, 4) is 0 Å². The molecule has 1 amide bonds. The molecule has 0 unspecified atom stereocenters. The van der Waals surface area contributed by atoms with Crippen LogP contribution in [0.4, 0.5) is 4.79 Å². The van der Waals surface area contributed by atoms with Gasteiger partial charge in [-0.1, -0.05) is 12.8 Å². The number of nitrogens with one attached hydrogen (secondary N) is 1. The van der Waals surface area contributed by atoms with Crippen LogP contribution in [0.1, 0.15) is 46.5 Å². The summed E-state index contributed by atoms with van der Waals surface area (Å²) in [6, 6.07) is 0.723. The molecule has 2 fully saturated rings. The van der Waals surface area contributed by atoms with E-state index in [-0.39, 0.29) is 11.7 Å². The second-order valence-electron chi connectivity index (χ2n) is 6.64. The number of rotatable bonds is 3. The number of hydrogen-bond acceptors (Lipinski definition) is 3. The van der Waals surface area contributed by atoms with Crippen LogP contribution in [0, 0.1) is 5.92 Å². The lowest BCUT2D eigenvalue weighted by atomic mass is 10.0. The van der Waals surface area contributed by atoms with Gasteiger partial charge in [0.15, 0.2) is 0 Å². The van der Waals surface area contributed by atoms with Gasteiger partial charge < -0.3 is 15.0 Å². The molecule has 0 aromatic carbocycles. The van der Waals surface area contributed by atoms with Gasteiger partial charge in [0.1, 0.15) is 5.60 Å². The summed E-state index contributed by atoms with van der Waals surface area (Å²) >= 11 is 0. The molecule has 104 valence electrons. The zero-order valence-electron chi connectivity index (χ0n) is 11.9. The molecular formula is C14H26N2O2. The van der Waals surface area contributed by atoms with Crippen molar-refractivity contribution in [1.82, 2.24) is 10.2 Å². The molecule has 2 aliphatic rings. The molecule has 1 saturated carbocycles. The van der Waals surface area contributed by atoms with Gasteiger partial charge in [0.2, 0.25) is 0 Å². The Kier molecular flexibility index (Phi) is 4.15. The first-order chi connectivity index (χ1) is 8.44. The summed E-state index contributed by atoms with van der Waals surface area (Å²) in [5.41, 5.74) is -0.385. The van der Waals surface area contributed by atoms with Gasteiger partial charge in [0, 0.05) is 31.6 Å². The minimum atomic E-state index is -0.385. The summed E-state index contributed by atoms with van der Waals surface area (Å²) in [5, 5.41) is 3.61. The van der Waals surface area contributed by atoms with Gasteiger partial charge in [-0.2, -0.15) is 0 Å². The van der Waals surface area contributed by atoms with Crippen LogP contribution < -0.4 is 5.32 Å². The van der Waals surface area contributed by atoms with Crippen LogP contribution in [-0.2, 0) is 4.74 Å². The number of carbonyl (C=O) groups excluding carboxylic acids is 1. The van der Waals surface area contributed by atoms with E-state index in [1.165, 1.54) is 25.7 Å². The molecule has 0 radical (unpaired) electrons. The Labute approximate surface area is 110 Å². The Hall–Kier alpha value is -0.770. The van der Waals surface area contributed by atoms with Crippen molar-refractivity contribution in [2.75, 3.05) is 19.6 Å². The monoisotopic (exact) mass is 254 g/mol. The molecule has 1 saturated heterocycles. The smallest absolute Gasteiger partial charge is 0.410 e. The quantitative estimate of drug-likeness (QED) is 0.841. The maximum absolute atomic E-state index is 11.7. The SMILES string of the molecule is CC(C)(C)OC(=O)N1CC(CNC2CCCC2)C1. The second kappa shape index (κ2) is 5.47. The minimum absolute atomic E-state index is 0.167. The highest BCUT2D eigenvalue weighted by molar-refractivity contribution is 5.69. The van der Waals surface area contributed by atoms with Crippen LogP contribution in [0.2, 0.25) is 0 Å². The third-order valence-electron chi connectivity index (χ3n) is 3.66. The Morgan fingerprint density at radius 1 is 1.28 bits per heavy atom. The van der Waals surface area contributed by atoms with E-state index in [1.807, 2.05) is 20.8 Å². The number of likely N-dealkylation sites (tertiary alicyclic amines) is 1. The van der Waals surface area contributed by atoms with E-state index in [1.54, 1.807) is 4.90 Å². The van der Waals surface area contributed by atoms with Crippen LogP contribution in [0.3, 0.4) is 0 Å². The number of carbonyl (C=O) groups is 1. The number of hydrogen-bond donors (Lipinski definition) is 1. The van der Waals surface area contributed by atoms with Gasteiger partial charge >= 0.3 is 6.09 Å². The van der Waals surface area contributed by atoms with E-state index in [0.29, 0.717) is 5.92 Å². The van der Waals surface area contributed by atoms with E-state index in [0.717, 1.165) is 25.7 Å². The number of amides is 1. The Morgan fingerprint density at radius 2 is 1.89 bits per heavy atom. The van der Waals surface area contributed by atoms with E-state index in [4.69, 9.17) is 4.74 Å². The molecule has 18 heavy (non-hydrogen) atoms. The topological polar surface area (TPSA) is 41.6 Å². The first kappa shape index (κ1) is 13.7. The summed E-state index contributed by atoms with van der Waals surface area (Å²) in [4.78, 5) is 13.5. The summed E-state index contributed by atoms with van der Waals surface area (Å²) in [6.45, 7) is 8.45. The lowest BCUT2D eigenvalue weighted by Crippen LogP contribution is -2.55. The fraction of sp³-hybridized carbons (Fsp3) is 0.929. The molecule has 1 N–H and O–H groups in total. The van der Waals surface area contributed by atoms with E-state index >= 15 is 0 Å². The molecule has 1 heterocycles. The summed E-state index contributed by atoms with van der Waals surface area (Å²) in [5.74, 6) is 0.609. The van der Waals surface area contributed by atoms with Crippen molar-refractivity contribution in [3.05, 3.63) is 0 Å². The Balaban J connectivity index is 1.60. The van der Waals surface area contributed by atoms with Crippen molar-refractivity contribution in [1.29, 1.82) is 0 Å². The van der Waals surface area contributed by atoms with Crippen LogP contribution in [0.25, 0.3) is 0 Å². The molecule has 0 aromatic heterocycles. The average Bonchev–Trinajstić information content (AvgIpc) is 2.64. The minimum Gasteiger partial charge on any atom is -0.444 e. The van der Waals surface area contributed by atoms with Crippen molar-refractivity contribution in [2.45, 2.75) is 58.1 Å². The highest BCUT2D eigenvalue weighted by atomic mass is 16.6. The standard InChI is InChI=1S/C14H26N2O2/c1-14(2,3)18-13(17)16-9-11(10-16)8-15-12-6-4-5-7-12/h11-12,15H,4-10H2,1-3H3. The van der Waals surface area contributed by atoms with Crippen molar-refractivity contribution >= 4 is 6.09 Å². The molecule has 1 aliphatic heterocycles. The predicted molar refractivity (Wildman–Crippen MR) is 71.6 cm³/mol. The van der Waals surface area contributed by atoms with E-state index in [9.17, 15) is 4.79 Å². The summed E-state index contributed by atoms with van der Waals surface area (Å²) in [7, 11) is 0. The fourth-order valence-corrected chi connectivity index (χ4v) is 2.64. The Bertz CT molecular complexity index is 287. The van der Waals surface area contributed by atoms with Gasteiger partial charge in [-0.3, -0.25) is 0 Å². The fourth-order valence-electron chi connectivity index (χ4n) is 2.64. The maximum Gasteiger partial charge on any atom is 0.410 e. The molecule has 0 bridgehead atoms. The van der Waals surface area contributed by atoms with Crippen LogP contribution in [0.15, 0.2) is 0 Å². The third kappa shape index (κ3) is 3.87. The third-order valence-corrected chi connectivity index (χ3v) is 3.66. The zero-order valence-corrected chi connectivity index (χ0v) is 11.9. The van der Waals surface area contributed by atoms with E-state index in [2.05, 4.69) is 5.32 Å². The largest absolute Gasteiger partial charge is 0.444 e. The molecule has 0 aromatic rings. The summed E-state index contributed by atoms with van der Waals surface area (Å²) < 4.78 is 5.33. The van der Waals surface area contributed by atoms with Crippen molar-refractivity contribution in [2.24, 2.45) is 5.92 Å². The summed E-state index contributed by atoms with van der Waals surface area (Å²) in [6.07, 6.45) is 5.21. The lowest BCUT2D eigenvalue weighted by molar-refractivity contribution is -0.00104.